The fourth-order valence-corrected chi connectivity index (χ4v) is 1.80. The molecule has 0 unspecified atom stereocenters. The van der Waals surface area contributed by atoms with Crippen LogP contribution in [-0.4, -0.2) is 20.7 Å². The van der Waals surface area contributed by atoms with E-state index in [1.807, 2.05) is 0 Å². The molecule has 2 aromatic heterocycles. The second kappa shape index (κ2) is 5.48. The van der Waals surface area contributed by atoms with Gasteiger partial charge in [0, 0.05) is 12.3 Å². The molecule has 2 heterocycles. The zero-order valence-corrected chi connectivity index (χ0v) is 11.5. The van der Waals surface area contributed by atoms with E-state index in [0.717, 1.165) is 0 Å². The van der Waals surface area contributed by atoms with Crippen molar-refractivity contribution in [3.05, 3.63) is 39.7 Å². The first-order valence-corrected chi connectivity index (χ1v) is 5.43. The van der Waals surface area contributed by atoms with Crippen molar-refractivity contribution >= 4 is 45.8 Å². The van der Waals surface area contributed by atoms with Crippen LogP contribution in [0.25, 0.3) is 5.82 Å². The van der Waals surface area contributed by atoms with Gasteiger partial charge in [0.2, 0.25) is 0 Å². The Morgan fingerprint density at radius 1 is 1.53 bits per heavy atom. The molecule has 0 saturated carbocycles. The molecule has 0 saturated heterocycles. The molecule has 0 aliphatic heterocycles. The van der Waals surface area contributed by atoms with Gasteiger partial charge >= 0.3 is 0 Å². The Kier molecular flexibility index (Phi) is 4.50. The van der Waals surface area contributed by atoms with Crippen molar-refractivity contribution < 1.29 is 4.79 Å². The van der Waals surface area contributed by atoms with Gasteiger partial charge in [-0.1, -0.05) is 11.6 Å². The summed E-state index contributed by atoms with van der Waals surface area (Å²) in [6.07, 6.45) is 1.56. The monoisotopic (exact) mass is 336 g/mol. The minimum absolute atomic E-state index is 0. The maximum absolute atomic E-state index is 11.2. The third-order valence-electron chi connectivity index (χ3n) is 1.87. The lowest BCUT2D eigenvalue weighted by Gasteiger charge is -2.04. The molecule has 2 N–H and O–H groups in total. The molecule has 0 aliphatic carbocycles. The maximum atomic E-state index is 11.2. The van der Waals surface area contributed by atoms with Crippen LogP contribution in [0.4, 0.5) is 0 Å². The van der Waals surface area contributed by atoms with Crippen LogP contribution in [0.2, 0.25) is 5.02 Å². The average molecular weight is 338 g/mol. The molecule has 0 aliphatic rings. The summed E-state index contributed by atoms with van der Waals surface area (Å²) in [5, 5.41) is 4.44. The number of aromatic nitrogens is 3. The van der Waals surface area contributed by atoms with Gasteiger partial charge in [-0.3, -0.25) is 4.79 Å². The van der Waals surface area contributed by atoms with Gasteiger partial charge in [0.25, 0.3) is 5.91 Å². The molecule has 0 spiro atoms. The van der Waals surface area contributed by atoms with E-state index in [2.05, 4.69) is 26.0 Å². The van der Waals surface area contributed by atoms with Gasteiger partial charge in [-0.05, 0) is 28.1 Å². The molecule has 0 bridgehead atoms. The van der Waals surface area contributed by atoms with Crippen molar-refractivity contribution in [3.63, 3.8) is 0 Å². The van der Waals surface area contributed by atoms with Crippen molar-refractivity contribution in [2.24, 2.45) is 5.73 Å². The van der Waals surface area contributed by atoms with Gasteiger partial charge in [0.1, 0.15) is 10.3 Å². The number of hydrogen-bond donors (Lipinski definition) is 1. The Hall–Kier alpha value is -1.11. The van der Waals surface area contributed by atoms with Crippen LogP contribution < -0.4 is 5.73 Å². The molecule has 0 atom stereocenters. The summed E-state index contributed by atoms with van der Waals surface area (Å²) in [5.41, 5.74) is 5.44. The van der Waals surface area contributed by atoms with Crippen molar-refractivity contribution in [2.45, 2.75) is 0 Å². The predicted octanol–water partition coefficient (Wildman–Crippen LogP) is 2.20. The molecule has 8 heteroatoms. The largest absolute Gasteiger partial charge is 0.364 e. The van der Waals surface area contributed by atoms with Gasteiger partial charge in [-0.15, -0.1) is 12.4 Å². The van der Waals surface area contributed by atoms with Crippen LogP contribution in [0.1, 0.15) is 10.5 Å². The molecule has 2 rings (SSSR count). The van der Waals surface area contributed by atoms with Crippen LogP contribution in [0.3, 0.4) is 0 Å². The summed E-state index contributed by atoms with van der Waals surface area (Å²) >= 11 is 9.12. The molecule has 0 radical (unpaired) electrons. The molecular weight excluding hydrogens is 331 g/mol. The number of carbonyl (C=O) groups is 1. The topological polar surface area (TPSA) is 73.8 Å². The normalized spacial score (nSPS) is 9.76. The lowest BCUT2D eigenvalue weighted by atomic mass is 10.4. The van der Waals surface area contributed by atoms with E-state index in [4.69, 9.17) is 17.3 Å². The lowest BCUT2D eigenvalue weighted by molar-refractivity contribution is 0.0993. The third-order valence-corrected chi connectivity index (χ3v) is 2.55. The standard InChI is InChI=1S/C9H6BrClN4O.ClH/c10-7-4-6(8(12)16)15(14-7)9-5(11)2-1-3-13-9;/h1-4H,(H2,12,16);1H. The van der Waals surface area contributed by atoms with Crippen molar-refractivity contribution in [1.29, 1.82) is 0 Å². The van der Waals surface area contributed by atoms with E-state index in [1.54, 1.807) is 18.3 Å². The summed E-state index contributed by atoms with van der Waals surface area (Å²) in [4.78, 5) is 15.2. The minimum atomic E-state index is -0.597. The zero-order valence-electron chi connectivity index (χ0n) is 8.30. The highest BCUT2D eigenvalue weighted by atomic mass is 79.9. The zero-order chi connectivity index (χ0) is 11.7. The molecule has 17 heavy (non-hydrogen) atoms. The van der Waals surface area contributed by atoms with E-state index in [9.17, 15) is 4.79 Å². The van der Waals surface area contributed by atoms with E-state index >= 15 is 0 Å². The maximum Gasteiger partial charge on any atom is 0.267 e. The summed E-state index contributed by atoms with van der Waals surface area (Å²) < 4.78 is 1.79. The molecule has 1 amide bonds. The highest BCUT2D eigenvalue weighted by molar-refractivity contribution is 9.10. The number of amides is 1. The second-order valence-electron chi connectivity index (χ2n) is 2.94. The molecule has 5 nitrogen and oxygen atoms in total. The van der Waals surface area contributed by atoms with E-state index in [0.29, 0.717) is 15.4 Å². The van der Waals surface area contributed by atoms with Crippen molar-refractivity contribution in [1.82, 2.24) is 14.8 Å². The van der Waals surface area contributed by atoms with Gasteiger partial charge in [-0.25, -0.2) is 9.67 Å². The summed E-state index contributed by atoms with van der Waals surface area (Å²) in [5.74, 6) is -0.233. The smallest absolute Gasteiger partial charge is 0.267 e. The van der Waals surface area contributed by atoms with E-state index < -0.39 is 5.91 Å². The number of nitrogens with zero attached hydrogens (tertiary/aromatic N) is 3. The minimum Gasteiger partial charge on any atom is -0.364 e. The Balaban J connectivity index is 0.00000144. The molecule has 90 valence electrons. The van der Waals surface area contributed by atoms with Crippen LogP contribution in [-0.2, 0) is 0 Å². The van der Waals surface area contributed by atoms with Crippen molar-refractivity contribution in [2.75, 3.05) is 0 Å². The molecule has 0 aromatic carbocycles. The van der Waals surface area contributed by atoms with Gasteiger partial charge in [0.15, 0.2) is 5.82 Å². The summed E-state index contributed by atoms with van der Waals surface area (Å²) in [7, 11) is 0. The Morgan fingerprint density at radius 2 is 2.24 bits per heavy atom. The summed E-state index contributed by atoms with van der Waals surface area (Å²) in [6.45, 7) is 0. The Morgan fingerprint density at radius 3 is 2.82 bits per heavy atom. The third kappa shape index (κ3) is 2.77. The van der Waals surface area contributed by atoms with Crippen LogP contribution in [0.5, 0.6) is 0 Å². The second-order valence-corrected chi connectivity index (χ2v) is 4.16. The first-order valence-electron chi connectivity index (χ1n) is 4.26. The number of nitrogens with two attached hydrogens (primary N) is 1. The van der Waals surface area contributed by atoms with Crippen LogP contribution >= 0.6 is 39.9 Å². The predicted molar refractivity (Wildman–Crippen MR) is 69.8 cm³/mol. The van der Waals surface area contributed by atoms with Crippen LogP contribution in [0, 0.1) is 0 Å². The number of pyridine rings is 1. The van der Waals surface area contributed by atoms with Gasteiger partial charge < -0.3 is 5.73 Å². The first kappa shape index (κ1) is 14.0. The SMILES string of the molecule is Cl.NC(=O)c1cc(Br)nn1-c1ncccc1Cl. The number of halogens is 3. The highest BCUT2D eigenvalue weighted by Crippen LogP contribution is 2.20. The van der Waals surface area contributed by atoms with E-state index in [1.165, 1.54) is 10.7 Å². The lowest BCUT2D eigenvalue weighted by Crippen LogP contribution is -2.17. The molecular formula is C9H7BrCl2N4O. The molecule has 0 fully saturated rings. The van der Waals surface area contributed by atoms with Crippen molar-refractivity contribution in [3.8, 4) is 5.82 Å². The first-order chi connectivity index (χ1) is 7.59. The fourth-order valence-electron chi connectivity index (χ4n) is 1.22. The summed E-state index contributed by atoms with van der Waals surface area (Å²) in [6, 6.07) is 4.85. The molecule has 2 aromatic rings. The van der Waals surface area contributed by atoms with Gasteiger partial charge in [-0.2, -0.15) is 5.10 Å². The Labute approximate surface area is 117 Å². The fraction of sp³-hybridized carbons (Fsp3) is 0. The average Bonchev–Trinajstić information content (AvgIpc) is 2.61. The number of primary amides is 1. The number of carbonyl (C=O) groups excluding carboxylic acids is 1. The Bertz CT molecular complexity index is 558. The quantitative estimate of drug-likeness (QED) is 0.912. The number of hydrogen-bond acceptors (Lipinski definition) is 3. The number of rotatable bonds is 2. The van der Waals surface area contributed by atoms with Gasteiger partial charge in [0.05, 0.1) is 5.02 Å². The van der Waals surface area contributed by atoms with E-state index in [-0.39, 0.29) is 18.1 Å². The highest BCUT2D eigenvalue weighted by Gasteiger charge is 2.15. The van der Waals surface area contributed by atoms with Crippen LogP contribution in [0.15, 0.2) is 29.0 Å².